The fraction of sp³-hybridized carbons (Fsp3) is 0.294. The van der Waals surface area contributed by atoms with Crippen LogP contribution in [0.1, 0.15) is 0 Å². The van der Waals surface area contributed by atoms with Crippen molar-refractivity contribution in [1.82, 2.24) is 19.2 Å². The van der Waals surface area contributed by atoms with Gasteiger partial charge in [0.15, 0.2) is 5.82 Å². The van der Waals surface area contributed by atoms with Gasteiger partial charge >= 0.3 is 5.69 Å². The SMILES string of the molecule is O=C(Cn1nc2c(N3CCSCC3)nccn2c1=O)Nc1ccc(F)cc1. The minimum Gasteiger partial charge on any atom is -0.352 e. The van der Waals surface area contributed by atoms with Crippen LogP contribution in [0.2, 0.25) is 0 Å². The molecule has 0 bridgehead atoms. The first-order valence-electron chi connectivity index (χ1n) is 8.44. The van der Waals surface area contributed by atoms with Crippen molar-refractivity contribution in [2.45, 2.75) is 6.54 Å². The van der Waals surface area contributed by atoms with Crippen LogP contribution in [0.5, 0.6) is 0 Å². The van der Waals surface area contributed by atoms with Crippen LogP contribution in [-0.4, -0.2) is 49.7 Å². The Hall–Kier alpha value is -2.88. The number of aromatic nitrogens is 4. The lowest BCUT2D eigenvalue weighted by atomic mass is 10.3. The van der Waals surface area contributed by atoms with E-state index in [9.17, 15) is 14.0 Å². The van der Waals surface area contributed by atoms with E-state index in [-0.39, 0.29) is 12.4 Å². The van der Waals surface area contributed by atoms with Crippen molar-refractivity contribution in [1.29, 1.82) is 0 Å². The van der Waals surface area contributed by atoms with Gasteiger partial charge in [0, 0.05) is 42.7 Å². The number of thioether (sulfide) groups is 1. The molecular formula is C17H17FN6O2S. The number of carbonyl (C=O) groups is 1. The van der Waals surface area contributed by atoms with Crippen molar-refractivity contribution in [3.05, 3.63) is 53.0 Å². The molecule has 1 aromatic carbocycles. The smallest absolute Gasteiger partial charge is 0.350 e. The second-order valence-corrected chi connectivity index (χ2v) is 7.26. The lowest BCUT2D eigenvalue weighted by Crippen LogP contribution is -2.33. The summed E-state index contributed by atoms with van der Waals surface area (Å²) < 4.78 is 15.5. The molecule has 0 radical (unpaired) electrons. The number of benzene rings is 1. The monoisotopic (exact) mass is 388 g/mol. The Morgan fingerprint density at radius 3 is 2.70 bits per heavy atom. The standard InChI is InChI=1S/C17H17FN6O2S/c18-12-1-3-13(4-2-12)20-14(25)11-24-17(26)23-6-5-19-15(16(23)21-24)22-7-9-27-10-8-22/h1-6H,7-11H2,(H,20,25). The van der Waals surface area contributed by atoms with E-state index in [1.54, 1.807) is 12.4 Å². The molecule has 2 aromatic heterocycles. The summed E-state index contributed by atoms with van der Waals surface area (Å²) in [5.41, 5.74) is 0.477. The maximum absolute atomic E-state index is 13.0. The zero-order chi connectivity index (χ0) is 18.8. The van der Waals surface area contributed by atoms with Crippen LogP contribution in [0.4, 0.5) is 15.9 Å². The van der Waals surface area contributed by atoms with Crippen molar-refractivity contribution < 1.29 is 9.18 Å². The Morgan fingerprint density at radius 1 is 1.22 bits per heavy atom. The second kappa shape index (κ2) is 7.39. The Morgan fingerprint density at radius 2 is 1.96 bits per heavy atom. The van der Waals surface area contributed by atoms with Crippen LogP contribution < -0.4 is 15.9 Å². The van der Waals surface area contributed by atoms with Gasteiger partial charge in [-0.3, -0.25) is 4.79 Å². The van der Waals surface area contributed by atoms with Gasteiger partial charge in [-0.15, -0.1) is 5.10 Å². The van der Waals surface area contributed by atoms with Gasteiger partial charge in [-0.2, -0.15) is 11.8 Å². The van der Waals surface area contributed by atoms with Gasteiger partial charge in [0.25, 0.3) is 0 Å². The summed E-state index contributed by atoms with van der Waals surface area (Å²) in [7, 11) is 0. The van der Waals surface area contributed by atoms with E-state index in [0.29, 0.717) is 17.2 Å². The first-order chi connectivity index (χ1) is 13.1. The number of halogens is 1. The van der Waals surface area contributed by atoms with Crippen LogP contribution in [0.3, 0.4) is 0 Å². The van der Waals surface area contributed by atoms with Crippen LogP contribution in [0, 0.1) is 5.82 Å². The number of nitrogens with one attached hydrogen (secondary N) is 1. The van der Waals surface area contributed by atoms with E-state index in [1.165, 1.54) is 28.7 Å². The molecule has 8 nitrogen and oxygen atoms in total. The summed E-state index contributed by atoms with van der Waals surface area (Å²) in [6, 6.07) is 5.41. The molecule has 1 saturated heterocycles. The lowest BCUT2D eigenvalue weighted by Gasteiger charge is -2.27. The third kappa shape index (κ3) is 3.65. The molecule has 4 rings (SSSR count). The molecule has 0 unspecified atom stereocenters. The number of rotatable bonds is 4. The minimum atomic E-state index is -0.420. The molecule has 1 fully saturated rings. The molecule has 27 heavy (non-hydrogen) atoms. The second-order valence-electron chi connectivity index (χ2n) is 6.04. The van der Waals surface area contributed by atoms with Crippen LogP contribution in [0.25, 0.3) is 5.65 Å². The number of amides is 1. The topological polar surface area (TPSA) is 84.5 Å². The third-order valence-electron chi connectivity index (χ3n) is 4.22. The van der Waals surface area contributed by atoms with Gasteiger partial charge in [-0.1, -0.05) is 0 Å². The maximum atomic E-state index is 13.0. The minimum absolute atomic E-state index is 0.243. The van der Waals surface area contributed by atoms with E-state index < -0.39 is 11.6 Å². The fourth-order valence-electron chi connectivity index (χ4n) is 2.91. The van der Waals surface area contributed by atoms with Crippen LogP contribution in [0.15, 0.2) is 41.5 Å². The average Bonchev–Trinajstić information content (AvgIpc) is 3.00. The van der Waals surface area contributed by atoms with Gasteiger partial charge in [0.2, 0.25) is 11.6 Å². The summed E-state index contributed by atoms with van der Waals surface area (Å²) in [6.07, 6.45) is 3.11. The Labute approximate surface area is 158 Å². The number of fused-ring (bicyclic) bond motifs is 1. The highest BCUT2D eigenvalue weighted by atomic mass is 32.2. The maximum Gasteiger partial charge on any atom is 0.350 e. The van der Waals surface area contributed by atoms with Crippen molar-refractivity contribution >= 4 is 34.8 Å². The Bertz CT molecular complexity index is 1030. The predicted molar refractivity (Wildman–Crippen MR) is 102 cm³/mol. The first-order valence-corrected chi connectivity index (χ1v) is 9.59. The van der Waals surface area contributed by atoms with Gasteiger partial charge in [0.05, 0.1) is 0 Å². The zero-order valence-corrected chi connectivity index (χ0v) is 15.2. The number of hydrogen-bond donors (Lipinski definition) is 1. The van der Waals surface area contributed by atoms with Crippen LogP contribution in [-0.2, 0) is 11.3 Å². The molecule has 0 atom stereocenters. The van der Waals surface area contributed by atoms with Crippen molar-refractivity contribution in [3.63, 3.8) is 0 Å². The predicted octanol–water partition coefficient (Wildman–Crippen LogP) is 1.22. The largest absolute Gasteiger partial charge is 0.352 e. The fourth-order valence-corrected chi connectivity index (χ4v) is 3.81. The summed E-state index contributed by atoms with van der Waals surface area (Å²) in [5.74, 6) is 1.82. The number of hydrogen-bond acceptors (Lipinski definition) is 6. The van der Waals surface area contributed by atoms with E-state index in [4.69, 9.17) is 0 Å². The van der Waals surface area contributed by atoms with E-state index in [0.717, 1.165) is 29.3 Å². The Balaban J connectivity index is 1.58. The molecule has 3 heterocycles. The van der Waals surface area contributed by atoms with Crippen LogP contribution >= 0.6 is 11.8 Å². The third-order valence-corrected chi connectivity index (χ3v) is 5.16. The first kappa shape index (κ1) is 17.5. The van der Waals surface area contributed by atoms with Gasteiger partial charge in [-0.25, -0.2) is 23.3 Å². The molecule has 1 aliphatic rings. The van der Waals surface area contributed by atoms with Crippen molar-refractivity contribution in [2.75, 3.05) is 34.8 Å². The summed E-state index contributed by atoms with van der Waals surface area (Å²) in [5, 5.41) is 6.94. The highest BCUT2D eigenvalue weighted by Crippen LogP contribution is 2.20. The summed E-state index contributed by atoms with van der Waals surface area (Å²) >= 11 is 1.88. The highest BCUT2D eigenvalue weighted by Gasteiger charge is 2.19. The quantitative estimate of drug-likeness (QED) is 0.724. The molecular weight excluding hydrogens is 371 g/mol. The van der Waals surface area contributed by atoms with Crippen molar-refractivity contribution in [3.8, 4) is 0 Å². The van der Waals surface area contributed by atoms with Gasteiger partial charge in [0.1, 0.15) is 12.4 Å². The normalized spacial score (nSPS) is 14.5. The van der Waals surface area contributed by atoms with E-state index in [2.05, 4.69) is 20.3 Å². The molecule has 3 aromatic rings. The molecule has 1 aliphatic heterocycles. The molecule has 0 aliphatic carbocycles. The van der Waals surface area contributed by atoms with Crippen molar-refractivity contribution in [2.24, 2.45) is 0 Å². The van der Waals surface area contributed by atoms with E-state index >= 15 is 0 Å². The summed E-state index contributed by atoms with van der Waals surface area (Å²) in [6.45, 7) is 1.43. The molecule has 1 N–H and O–H groups in total. The molecule has 10 heteroatoms. The summed E-state index contributed by atoms with van der Waals surface area (Å²) in [4.78, 5) is 31.3. The lowest BCUT2D eigenvalue weighted by molar-refractivity contribution is -0.117. The van der Waals surface area contributed by atoms with Gasteiger partial charge < -0.3 is 10.2 Å². The number of nitrogens with zero attached hydrogens (tertiary/aromatic N) is 5. The number of carbonyl (C=O) groups excluding carboxylic acids is 1. The average molecular weight is 388 g/mol. The highest BCUT2D eigenvalue weighted by molar-refractivity contribution is 7.99. The Kier molecular flexibility index (Phi) is 4.80. The number of anilines is 2. The van der Waals surface area contributed by atoms with E-state index in [1.807, 2.05) is 11.8 Å². The molecule has 0 spiro atoms. The molecule has 0 saturated carbocycles. The zero-order valence-electron chi connectivity index (χ0n) is 14.3. The molecule has 1 amide bonds. The molecule has 140 valence electrons. The van der Waals surface area contributed by atoms with Gasteiger partial charge in [-0.05, 0) is 24.3 Å².